The van der Waals surface area contributed by atoms with Crippen molar-refractivity contribution in [2.75, 3.05) is 0 Å². The molecule has 0 saturated heterocycles. The number of rotatable bonds is 5. The van der Waals surface area contributed by atoms with Crippen LogP contribution in [0.2, 0.25) is 0 Å². The smallest absolute Gasteiger partial charge is 0.272 e. The minimum Gasteiger partial charge on any atom is -0.330 e. The van der Waals surface area contributed by atoms with Gasteiger partial charge >= 0.3 is 0 Å². The molecule has 1 aliphatic carbocycles. The van der Waals surface area contributed by atoms with Crippen molar-refractivity contribution in [2.45, 2.75) is 32.0 Å². The number of hydrogen-bond donors (Lipinski definition) is 1. The maximum atomic E-state index is 12.7. The van der Waals surface area contributed by atoms with E-state index in [1.807, 2.05) is 41.3 Å². The minimum absolute atomic E-state index is 0.00456. The van der Waals surface area contributed by atoms with Gasteiger partial charge in [0.25, 0.3) is 5.91 Å². The molecular formula is C17H19N3O. The molecule has 0 radical (unpaired) electrons. The second kappa shape index (κ2) is 6.06. The Kier molecular flexibility index (Phi) is 3.97. The Labute approximate surface area is 124 Å². The molecule has 1 aliphatic rings. The molecule has 0 aliphatic heterocycles. The average Bonchev–Trinajstić information content (AvgIpc) is 3.38. The highest BCUT2D eigenvalue weighted by Crippen LogP contribution is 2.29. The van der Waals surface area contributed by atoms with Crippen molar-refractivity contribution in [3.8, 4) is 0 Å². The van der Waals surface area contributed by atoms with E-state index in [-0.39, 0.29) is 5.91 Å². The summed E-state index contributed by atoms with van der Waals surface area (Å²) >= 11 is 0. The van der Waals surface area contributed by atoms with Gasteiger partial charge in [-0.25, -0.2) is 0 Å². The zero-order valence-corrected chi connectivity index (χ0v) is 11.9. The Morgan fingerprint density at radius 3 is 2.48 bits per heavy atom. The third-order valence-corrected chi connectivity index (χ3v) is 3.72. The number of nitrogens with zero attached hydrogens (tertiary/aromatic N) is 2. The molecule has 3 rings (SSSR count). The van der Waals surface area contributed by atoms with Crippen LogP contribution in [0.1, 0.15) is 34.5 Å². The number of hydrogen-bond acceptors (Lipinski definition) is 3. The molecule has 0 unspecified atom stereocenters. The largest absolute Gasteiger partial charge is 0.330 e. The summed E-state index contributed by atoms with van der Waals surface area (Å²) in [4.78, 5) is 18.8. The molecule has 1 aromatic carbocycles. The Morgan fingerprint density at radius 2 is 1.90 bits per heavy atom. The second-order valence-corrected chi connectivity index (χ2v) is 5.41. The zero-order valence-electron chi connectivity index (χ0n) is 11.9. The number of benzene rings is 1. The zero-order chi connectivity index (χ0) is 14.7. The van der Waals surface area contributed by atoms with Crippen molar-refractivity contribution in [3.63, 3.8) is 0 Å². The van der Waals surface area contributed by atoms with E-state index >= 15 is 0 Å². The lowest BCUT2D eigenvalue weighted by molar-refractivity contribution is 0.0724. The molecule has 0 atom stereocenters. The molecule has 1 fully saturated rings. The highest BCUT2D eigenvalue weighted by atomic mass is 16.2. The van der Waals surface area contributed by atoms with Crippen molar-refractivity contribution in [1.82, 2.24) is 9.88 Å². The lowest BCUT2D eigenvalue weighted by Gasteiger charge is -2.22. The molecule has 21 heavy (non-hydrogen) atoms. The lowest BCUT2D eigenvalue weighted by atomic mass is 10.2. The molecule has 1 saturated carbocycles. The van der Waals surface area contributed by atoms with E-state index in [4.69, 9.17) is 5.73 Å². The number of pyridine rings is 1. The predicted octanol–water partition coefficient (Wildman–Crippen LogP) is 2.35. The van der Waals surface area contributed by atoms with Gasteiger partial charge in [0.2, 0.25) is 0 Å². The predicted molar refractivity (Wildman–Crippen MR) is 81.5 cm³/mol. The summed E-state index contributed by atoms with van der Waals surface area (Å²) in [5.74, 6) is 0.00456. The molecule has 4 nitrogen and oxygen atoms in total. The van der Waals surface area contributed by atoms with Crippen LogP contribution in [0.25, 0.3) is 0 Å². The fourth-order valence-electron chi connectivity index (χ4n) is 2.35. The summed E-state index contributed by atoms with van der Waals surface area (Å²) in [7, 11) is 0. The number of nitrogens with two attached hydrogens (primary N) is 1. The van der Waals surface area contributed by atoms with Crippen molar-refractivity contribution in [1.29, 1.82) is 0 Å². The Bertz CT molecular complexity index is 606. The van der Waals surface area contributed by atoms with E-state index in [2.05, 4.69) is 4.98 Å². The summed E-state index contributed by atoms with van der Waals surface area (Å²) in [5.41, 5.74) is 8.14. The van der Waals surface area contributed by atoms with Gasteiger partial charge in [-0.3, -0.25) is 9.78 Å². The Morgan fingerprint density at radius 1 is 1.14 bits per heavy atom. The third-order valence-electron chi connectivity index (χ3n) is 3.72. The maximum Gasteiger partial charge on any atom is 0.272 e. The molecule has 0 bridgehead atoms. The summed E-state index contributed by atoms with van der Waals surface area (Å²) in [6, 6.07) is 14.1. The molecule has 4 heteroatoms. The van der Waals surface area contributed by atoms with Crippen LogP contribution >= 0.6 is 0 Å². The van der Waals surface area contributed by atoms with Crippen LogP contribution in [0.3, 0.4) is 0 Å². The van der Waals surface area contributed by atoms with Crippen LogP contribution < -0.4 is 5.73 Å². The molecule has 0 spiro atoms. The Hall–Kier alpha value is -2.20. The van der Waals surface area contributed by atoms with Crippen LogP contribution in [0.4, 0.5) is 0 Å². The van der Waals surface area contributed by atoms with Gasteiger partial charge in [0, 0.05) is 25.3 Å². The summed E-state index contributed by atoms with van der Waals surface area (Å²) < 4.78 is 0. The highest BCUT2D eigenvalue weighted by Gasteiger charge is 2.33. The van der Waals surface area contributed by atoms with Gasteiger partial charge in [0.15, 0.2) is 0 Å². The van der Waals surface area contributed by atoms with E-state index in [0.717, 1.165) is 24.0 Å². The Balaban J connectivity index is 1.78. The van der Waals surface area contributed by atoms with Crippen LogP contribution in [0, 0.1) is 0 Å². The normalized spacial score (nSPS) is 14.0. The fraction of sp³-hybridized carbons (Fsp3) is 0.294. The van der Waals surface area contributed by atoms with Gasteiger partial charge in [0.05, 0.1) is 0 Å². The van der Waals surface area contributed by atoms with Gasteiger partial charge < -0.3 is 10.6 Å². The SMILES string of the molecule is NCc1ccc(C(=O)N(Cc2ccccc2)C2CC2)nc1. The minimum atomic E-state index is 0.00456. The van der Waals surface area contributed by atoms with E-state index in [1.165, 1.54) is 0 Å². The third kappa shape index (κ3) is 3.28. The standard InChI is InChI=1S/C17H19N3O/c18-10-14-6-9-16(19-11-14)17(21)20(15-7-8-15)12-13-4-2-1-3-5-13/h1-6,9,11,15H,7-8,10,12,18H2. The van der Waals surface area contributed by atoms with Crippen LogP contribution in [0.15, 0.2) is 48.7 Å². The van der Waals surface area contributed by atoms with E-state index < -0.39 is 0 Å². The molecule has 1 heterocycles. The van der Waals surface area contributed by atoms with Crippen molar-refractivity contribution in [3.05, 3.63) is 65.5 Å². The summed E-state index contributed by atoms with van der Waals surface area (Å²) in [5, 5.41) is 0. The second-order valence-electron chi connectivity index (χ2n) is 5.41. The lowest BCUT2D eigenvalue weighted by Crippen LogP contribution is -2.33. The van der Waals surface area contributed by atoms with Crippen LogP contribution in [-0.2, 0) is 13.1 Å². The van der Waals surface area contributed by atoms with Crippen LogP contribution in [0.5, 0.6) is 0 Å². The van der Waals surface area contributed by atoms with Gasteiger partial charge in [-0.2, -0.15) is 0 Å². The molecule has 2 N–H and O–H groups in total. The van der Waals surface area contributed by atoms with Gasteiger partial charge in [0.1, 0.15) is 5.69 Å². The van der Waals surface area contributed by atoms with Gasteiger partial charge in [-0.15, -0.1) is 0 Å². The van der Waals surface area contributed by atoms with Crippen molar-refractivity contribution >= 4 is 5.91 Å². The van der Waals surface area contributed by atoms with E-state index in [9.17, 15) is 4.79 Å². The average molecular weight is 281 g/mol. The van der Waals surface area contributed by atoms with E-state index in [0.29, 0.717) is 24.8 Å². The first kappa shape index (κ1) is 13.8. The van der Waals surface area contributed by atoms with Gasteiger partial charge in [-0.1, -0.05) is 36.4 Å². The molecule has 108 valence electrons. The number of amides is 1. The van der Waals surface area contributed by atoms with Gasteiger partial charge in [-0.05, 0) is 30.0 Å². The molecule has 2 aromatic rings. The van der Waals surface area contributed by atoms with Crippen molar-refractivity contribution in [2.24, 2.45) is 5.73 Å². The monoisotopic (exact) mass is 281 g/mol. The topological polar surface area (TPSA) is 59.2 Å². The molecule has 1 amide bonds. The fourth-order valence-corrected chi connectivity index (χ4v) is 2.35. The van der Waals surface area contributed by atoms with E-state index in [1.54, 1.807) is 12.3 Å². The summed E-state index contributed by atoms with van der Waals surface area (Å²) in [6.45, 7) is 1.09. The first-order chi connectivity index (χ1) is 10.3. The number of aromatic nitrogens is 1. The number of carbonyl (C=O) groups is 1. The first-order valence-electron chi connectivity index (χ1n) is 7.28. The maximum absolute atomic E-state index is 12.7. The quantitative estimate of drug-likeness (QED) is 0.915. The summed E-state index contributed by atoms with van der Waals surface area (Å²) in [6.07, 6.45) is 3.85. The molecule has 1 aromatic heterocycles. The first-order valence-corrected chi connectivity index (χ1v) is 7.28. The highest BCUT2D eigenvalue weighted by molar-refractivity contribution is 5.92. The number of carbonyl (C=O) groups excluding carboxylic acids is 1. The van der Waals surface area contributed by atoms with Crippen molar-refractivity contribution < 1.29 is 4.79 Å². The van der Waals surface area contributed by atoms with Crippen LogP contribution in [-0.4, -0.2) is 21.8 Å². The molecular weight excluding hydrogens is 262 g/mol.